The van der Waals surface area contributed by atoms with Crippen LogP contribution in [0, 0.1) is 6.92 Å². The number of carbonyl (C=O) groups excluding carboxylic acids is 1. The van der Waals surface area contributed by atoms with E-state index < -0.39 is 0 Å². The zero-order valence-corrected chi connectivity index (χ0v) is 17.4. The molecule has 4 rings (SSSR count). The second-order valence-electron chi connectivity index (χ2n) is 8.59. The summed E-state index contributed by atoms with van der Waals surface area (Å²) in [6.07, 6.45) is 2.63. The first-order valence-corrected chi connectivity index (χ1v) is 9.76. The lowest BCUT2D eigenvalue weighted by atomic mass is 9.96. The number of amides is 1. The fourth-order valence-corrected chi connectivity index (χ4v) is 3.51. The maximum Gasteiger partial charge on any atom is 0.217 e. The van der Waals surface area contributed by atoms with Gasteiger partial charge in [0.1, 0.15) is 17.2 Å². The summed E-state index contributed by atoms with van der Waals surface area (Å²) in [5.41, 5.74) is 2.77. The quantitative estimate of drug-likeness (QED) is 0.704. The van der Waals surface area contributed by atoms with Gasteiger partial charge in [0, 0.05) is 31.5 Å². The maximum absolute atomic E-state index is 11.4. The predicted octanol–water partition coefficient (Wildman–Crippen LogP) is 1.58. The fourth-order valence-electron chi connectivity index (χ4n) is 3.51. The Kier molecular flexibility index (Phi) is 4.71. The number of carbonyl (C=O) groups is 1. The summed E-state index contributed by atoms with van der Waals surface area (Å²) in [5.74, 6) is 1.54. The van der Waals surface area contributed by atoms with E-state index in [2.05, 4.69) is 46.3 Å². The van der Waals surface area contributed by atoms with Crippen molar-refractivity contribution in [2.24, 2.45) is 0 Å². The molecule has 0 saturated carbocycles. The molecule has 0 radical (unpaired) electrons. The Morgan fingerprint density at radius 1 is 1.31 bits per heavy atom. The average molecular weight is 398 g/mol. The summed E-state index contributed by atoms with van der Waals surface area (Å²) in [6.45, 7) is 11.7. The number of anilines is 1. The van der Waals surface area contributed by atoms with Gasteiger partial charge < -0.3 is 14.8 Å². The minimum Gasteiger partial charge on any atom is -0.353 e. The molecule has 1 fully saturated rings. The SMILES string of the molecule is CC(=O)NC1CCN(c2nc(C(C)(C)C)nc3c2ncn3Cc2nonc2C)C1. The van der Waals surface area contributed by atoms with Gasteiger partial charge in [-0.15, -0.1) is 0 Å². The van der Waals surface area contributed by atoms with Crippen LogP contribution in [0.15, 0.2) is 11.0 Å². The standard InChI is InChI=1S/C19H26N8O2/c1-11-14(25-29-24-11)9-27-10-20-15-16(22-18(19(3,4)5)23-17(15)27)26-7-6-13(8-26)21-12(2)28/h10,13H,6-9H2,1-5H3,(H,21,28). The molecule has 10 nitrogen and oxygen atoms in total. The molecule has 0 spiro atoms. The van der Waals surface area contributed by atoms with Crippen LogP contribution < -0.4 is 10.2 Å². The van der Waals surface area contributed by atoms with E-state index in [0.29, 0.717) is 13.1 Å². The monoisotopic (exact) mass is 398 g/mol. The van der Waals surface area contributed by atoms with E-state index in [-0.39, 0.29) is 17.4 Å². The molecule has 1 amide bonds. The van der Waals surface area contributed by atoms with Crippen molar-refractivity contribution < 1.29 is 9.42 Å². The van der Waals surface area contributed by atoms with Gasteiger partial charge in [0.2, 0.25) is 5.91 Å². The maximum atomic E-state index is 11.4. The summed E-state index contributed by atoms with van der Waals surface area (Å²) < 4.78 is 6.77. The van der Waals surface area contributed by atoms with Gasteiger partial charge >= 0.3 is 0 Å². The first-order valence-electron chi connectivity index (χ1n) is 9.76. The molecule has 10 heteroatoms. The molecule has 0 bridgehead atoms. The molecule has 154 valence electrons. The van der Waals surface area contributed by atoms with E-state index in [1.807, 2.05) is 11.5 Å². The number of imidazole rings is 1. The number of aryl methyl sites for hydroxylation is 1. The largest absolute Gasteiger partial charge is 0.353 e. The van der Waals surface area contributed by atoms with Gasteiger partial charge in [0.25, 0.3) is 0 Å². The van der Waals surface area contributed by atoms with Crippen molar-refractivity contribution in [1.29, 1.82) is 0 Å². The van der Waals surface area contributed by atoms with Gasteiger partial charge in [0.05, 0.1) is 12.9 Å². The Morgan fingerprint density at radius 3 is 2.76 bits per heavy atom. The predicted molar refractivity (Wildman–Crippen MR) is 107 cm³/mol. The van der Waals surface area contributed by atoms with Crippen molar-refractivity contribution in [3.05, 3.63) is 23.5 Å². The van der Waals surface area contributed by atoms with Crippen molar-refractivity contribution in [2.45, 2.75) is 59.0 Å². The molecule has 1 atom stereocenters. The van der Waals surface area contributed by atoms with E-state index in [9.17, 15) is 4.79 Å². The molecule has 4 heterocycles. The molecule has 1 N–H and O–H groups in total. The Balaban J connectivity index is 1.76. The topological polar surface area (TPSA) is 115 Å². The second kappa shape index (κ2) is 7.09. The molecule has 1 aliphatic heterocycles. The van der Waals surface area contributed by atoms with Crippen molar-refractivity contribution in [1.82, 2.24) is 35.1 Å². The van der Waals surface area contributed by atoms with Crippen LogP contribution in [0.5, 0.6) is 0 Å². The lowest BCUT2D eigenvalue weighted by Gasteiger charge is -2.22. The van der Waals surface area contributed by atoms with Crippen LogP contribution in [-0.4, -0.2) is 54.9 Å². The molecule has 29 heavy (non-hydrogen) atoms. The van der Waals surface area contributed by atoms with Gasteiger partial charge in [-0.3, -0.25) is 4.79 Å². The minimum atomic E-state index is -0.222. The van der Waals surface area contributed by atoms with Crippen LogP contribution in [0.4, 0.5) is 5.82 Å². The van der Waals surface area contributed by atoms with Crippen molar-refractivity contribution in [2.75, 3.05) is 18.0 Å². The third-order valence-corrected chi connectivity index (χ3v) is 5.08. The lowest BCUT2D eigenvalue weighted by Crippen LogP contribution is -2.36. The molecule has 0 aliphatic carbocycles. The van der Waals surface area contributed by atoms with E-state index in [1.165, 1.54) is 0 Å². The summed E-state index contributed by atoms with van der Waals surface area (Å²) in [7, 11) is 0. The summed E-state index contributed by atoms with van der Waals surface area (Å²) in [5, 5.41) is 10.8. The molecule has 3 aromatic rings. The summed E-state index contributed by atoms with van der Waals surface area (Å²) in [6, 6.07) is 0.113. The number of aromatic nitrogens is 6. The van der Waals surface area contributed by atoms with Crippen LogP contribution in [0.2, 0.25) is 0 Å². The Bertz CT molecular complexity index is 1050. The lowest BCUT2D eigenvalue weighted by molar-refractivity contribution is -0.119. The molecule has 3 aromatic heterocycles. The molecular formula is C19H26N8O2. The molecule has 1 aliphatic rings. The van der Waals surface area contributed by atoms with Gasteiger partial charge in [-0.1, -0.05) is 31.1 Å². The van der Waals surface area contributed by atoms with Crippen LogP contribution in [0.1, 0.15) is 51.3 Å². The van der Waals surface area contributed by atoms with Crippen LogP contribution in [-0.2, 0) is 16.8 Å². The molecule has 0 aromatic carbocycles. The highest BCUT2D eigenvalue weighted by Gasteiger charge is 2.29. The molecular weight excluding hydrogens is 372 g/mol. The average Bonchev–Trinajstić information content (AvgIpc) is 3.35. The number of fused-ring (bicyclic) bond motifs is 1. The fraction of sp³-hybridized carbons (Fsp3) is 0.579. The molecule has 1 saturated heterocycles. The van der Waals surface area contributed by atoms with E-state index in [4.69, 9.17) is 14.6 Å². The zero-order chi connectivity index (χ0) is 20.8. The highest BCUT2D eigenvalue weighted by molar-refractivity contribution is 5.84. The highest BCUT2D eigenvalue weighted by atomic mass is 16.6. The summed E-state index contributed by atoms with van der Waals surface area (Å²) >= 11 is 0. The van der Waals surface area contributed by atoms with E-state index in [0.717, 1.165) is 47.2 Å². The van der Waals surface area contributed by atoms with Gasteiger partial charge in [-0.25, -0.2) is 19.6 Å². The summed E-state index contributed by atoms with van der Waals surface area (Å²) in [4.78, 5) is 27.9. The van der Waals surface area contributed by atoms with Gasteiger partial charge in [-0.2, -0.15) is 0 Å². The van der Waals surface area contributed by atoms with Crippen LogP contribution >= 0.6 is 0 Å². The highest BCUT2D eigenvalue weighted by Crippen LogP contribution is 2.30. The van der Waals surface area contributed by atoms with E-state index >= 15 is 0 Å². The van der Waals surface area contributed by atoms with Crippen molar-refractivity contribution in [3.63, 3.8) is 0 Å². The first-order chi connectivity index (χ1) is 13.7. The molecule has 1 unspecified atom stereocenters. The Labute approximate surface area is 168 Å². The van der Waals surface area contributed by atoms with Gasteiger partial charge in [-0.05, 0) is 13.3 Å². The number of nitrogens with zero attached hydrogens (tertiary/aromatic N) is 7. The van der Waals surface area contributed by atoms with Crippen molar-refractivity contribution >= 4 is 22.9 Å². The Hall–Kier alpha value is -3.04. The third-order valence-electron chi connectivity index (χ3n) is 5.08. The van der Waals surface area contributed by atoms with Crippen LogP contribution in [0.25, 0.3) is 11.2 Å². The van der Waals surface area contributed by atoms with Crippen molar-refractivity contribution in [3.8, 4) is 0 Å². The number of hydrogen-bond acceptors (Lipinski definition) is 8. The minimum absolute atomic E-state index is 0.0130. The van der Waals surface area contributed by atoms with E-state index in [1.54, 1.807) is 13.3 Å². The smallest absolute Gasteiger partial charge is 0.217 e. The number of rotatable bonds is 4. The zero-order valence-electron chi connectivity index (χ0n) is 17.4. The first kappa shape index (κ1) is 19.3. The normalized spacial score (nSPS) is 17.3. The number of nitrogens with one attached hydrogen (secondary N) is 1. The van der Waals surface area contributed by atoms with Crippen LogP contribution in [0.3, 0.4) is 0 Å². The van der Waals surface area contributed by atoms with Gasteiger partial charge in [0.15, 0.2) is 17.0 Å². The number of hydrogen-bond donors (Lipinski definition) is 1. The third kappa shape index (κ3) is 3.79. The Morgan fingerprint density at radius 2 is 2.10 bits per heavy atom. The second-order valence-corrected chi connectivity index (χ2v) is 8.59.